The van der Waals surface area contributed by atoms with Crippen molar-refractivity contribution >= 4 is 34.4 Å². The molecule has 0 spiro atoms. The topological polar surface area (TPSA) is 79.7 Å². The Morgan fingerprint density at radius 1 is 1.40 bits per heavy atom. The molecule has 2 heterocycles. The number of hydrogen-bond acceptors (Lipinski definition) is 4. The summed E-state index contributed by atoms with van der Waals surface area (Å²) in [6, 6.07) is 6.16. The van der Waals surface area contributed by atoms with Crippen LogP contribution < -0.4 is 4.74 Å². The summed E-state index contributed by atoms with van der Waals surface area (Å²) >= 11 is 6.15. The van der Waals surface area contributed by atoms with Gasteiger partial charge in [0.25, 0.3) is 5.91 Å². The van der Waals surface area contributed by atoms with Crippen molar-refractivity contribution in [3.05, 3.63) is 35.5 Å². The van der Waals surface area contributed by atoms with Gasteiger partial charge in [-0.25, -0.2) is 4.79 Å². The zero-order chi connectivity index (χ0) is 18.0. The zero-order valence-electron chi connectivity index (χ0n) is 13.8. The highest BCUT2D eigenvalue weighted by Crippen LogP contribution is 2.30. The molecule has 1 amide bonds. The number of pyridine rings is 1. The summed E-state index contributed by atoms with van der Waals surface area (Å²) in [4.78, 5) is 29.6. The number of rotatable bonds is 4. The average molecular weight is 363 g/mol. The van der Waals surface area contributed by atoms with Gasteiger partial charge in [0.05, 0.1) is 5.02 Å². The average Bonchev–Trinajstić information content (AvgIpc) is 2.61. The molecule has 0 saturated carbocycles. The zero-order valence-corrected chi connectivity index (χ0v) is 14.6. The molecule has 25 heavy (non-hydrogen) atoms. The fourth-order valence-corrected chi connectivity index (χ4v) is 3.34. The lowest BCUT2D eigenvalue weighted by Gasteiger charge is -2.35. The molecule has 2 atom stereocenters. The number of nitrogens with zero attached hydrogens (tertiary/aromatic N) is 2. The molecule has 1 aromatic heterocycles. The number of halogens is 1. The molecule has 132 valence electrons. The Balaban J connectivity index is 1.74. The molecule has 0 aliphatic carbocycles. The maximum absolute atomic E-state index is 12.5. The Morgan fingerprint density at radius 3 is 2.96 bits per heavy atom. The Kier molecular flexibility index (Phi) is 5.08. The standard InChI is InChI=1S/C18H19ClN2O4/c1-11-6-8-21(14(9-11)18(23)24)16(22)10-25-15-5-4-13(19)12-3-2-7-20-17(12)15/h2-5,7,11,14H,6,8-10H2,1H3,(H,23,24). The smallest absolute Gasteiger partial charge is 0.326 e. The van der Waals surface area contributed by atoms with Crippen LogP contribution in [-0.2, 0) is 9.59 Å². The van der Waals surface area contributed by atoms with E-state index in [1.807, 2.05) is 13.0 Å². The number of benzene rings is 1. The van der Waals surface area contributed by atoms with Gasteiger partial charge in [-0.1, -0.05) is 18.5 Å². The van der Waals surface area contributed by atoms with E-state index in [0.717, 1.165) is 11.8 Å². The normalized spacial score (nSPS) is 20.5. The van der Waals surface area contributed by atoms with E-state index in [1.54, 1.807) is 24.4 Å². The first-order valence-electron chi connectivity index (χ1n) is 8.15. The van der Waals surface area contributed by atoms with Crippen LogP contribution in [0.25, 0.3) is 10.9 Å². The number of likely N-dealkylation sites (tertiary alicyclic amines) is 1. The SMILES string of the molecule is CC1CCN(C(=O)COc2ccc(Cl)c3cccnc23)C(C(=O)O)C1. The monoisotopic (exact) mass is 362 g/mol. The van der Waals surface area contributed by atoms with Gasteiger partial charge in [-0.15, -0.1) is 0 Å². The van der Waals surface area contributed by atoms with Crippen molar-refractivity contribution in [2.75, 3.05) is 13.2 Å². The van der Waals surface area contributed by atoms with Crippen molar-refractivity contribution in [2.45, 2.75) is 25.8 Å². The van der Waals surface area contributed by atoms with E-state index >= 15 is 0 Å². The number of fused-ring (bicyclic) bond motifs is 1. The molecule has 0 bridgehead atoms. The summed E-state index contributed by atoms with van der Waals surface area (Å²) in [5.74, 6) is -0.571. The third kappa shape index (κ3) is 3.69. The van der Waals surface area contributed by atoms with Gasteiger partial charge < -0.3 is 14.7 Å². The molecule has 1 N–H and O–H groups in total. The molecule has 2 unspecified atom stereocenters. The first-order chi connectivity index (χ1) is 12.0. The maximum atomic E-state index is 12.5. The quantitative estimate of drug-likeness (QED) is 0.904. The van der Waals surface area contributed by atoms with Gasteiger partial charge in [0.15, 0.2) is 6.61 Å². The van der Waals surface area contributed by atoms with Crippen molar-refractivity contribution in [3.63, 3.8) is 0 Å². The fraction of sp³-hybridized carbons (Fsp3) is 0.389. The number of piperidine rings is 1. The van der Waals surface area contributed by atoms with Gasteiger partial charge in [-0.05, 0) is 43.0 Å². The van der Waals surface area contributed by atoms with Gasteiger partial charge in [0.2, 0.25) is 0 Å². The first kappa shape index (κ1) is 17.5. The summed E-state index contributed by atoms with van der Waals surface area (Å²) in [5.41, 5.74) is 0.574. The highest BCUT2D eigenvalue weighted by atomic mass is 35.5. The predicted molar refractivity (Wildman–Crippen MR) is 93.8 cm³/mol. The van der Waals surface area contributed by atoms with Crippen LogP contribution in [-0.4, -0.2) is 46.1 Å². The molecule has 1 aliphatic rings. The van der Waals surface area contributed by atoms with Crippen molar-refractivity contribution in [2.24, 2.45) is 5.92 Å². The molecule has 6 nitrogen and oxygen atoms in total. The Bertz CT molecular complexity index is 811. The van der Waals surface area contributed by atoms with Crippen LogP contribution in [0.3, 0.4) is 0 Å². The van der Waals surface area contributed by atoms with E-state index in [0.29, 0.717) is 29.3 Å². The third-order valence-electron chi connectivity index (χ3n) is 4.50. The van der Waals surface area contributed by atoms with Crippen molar-refractivity contribution in [1.29, 1.82) is 0 Å². The second-order valence-electron chi connectivity index (χ2n) is 6.30. The van der Waals surface area contributed by atoms with Gasteiger partial charge in [0, 0.05) is 18.1 Å². The second kappa shape index (κ2) is 7.27. The number of carbonyl (C=O) groups is 2. The van der Waals surface area contributed by atoms with E-state index in [-0.39, 0.29) is 18.4 Å². The van der Waals surface area contributed by atoms with Gasteiger partial charge in [0.1, 0.15) is 17.3 Å². The molecule has 1 fully saturated rings. The Morgan fingerprint density at radius 2 is 2.20 bits per heavy atom. The molecule has 3 rings (SSSR count). The summed E-state index contributed by atoms with van der Waals surface area (Å²) in [6.07, 6.45) is 2.88. The van der Waals surface area contributed by atoms with Crippen LogP contribution in [0.2, 0.25) is 5.02 Å². The largest absolute Gasteiger partial charge is 0.481 e. The lowest BCUT2D eigenvalue weighted by atomic mass is 9.92. The van der Waals surface area contributed by atoms with E-state index < -0.39 is 12.0 Å². The summed E-state index contributed by atoms with van der Waals surface area (Å²) in [5, 5.41) is 10.7. The van der Waals surface area contributed by atoms with E-state index in [9.17, 15) is 14.7 Å². The Labute approximate surface area is 150 Å². The number of carbonyl (C=O) groups excluding carboxylic acids is 1. The molecule has 0 radical (unpaired) electrons. The van der Waals surface area contributed by atoms with Gasteiger partial charge in [-0.3, -0.25) is 9.78 Å². The predicted octanol–water partition coefficient (Wildman–Crippen LogP) is 2.98. The second-order valence-corrected chi connectivity index (χ2v) is 6.71. The minimum atomic E-state index is -0.974. The number of amides is 1. The van der Waals surface area contributed by atoms with Crippen molar-refractivity contribution in [3.8, 4) is 5.75 Å². The van der Waals surface area contributed by atoms with Crippen LogP contribution in [0.5, 0.6) is 5.75 Å². The third-order valence-corrected chi connectivity index (χ3v) is 4.83. The molecular formula is C18H19ClN2O4. The molecule has 2 aromatic rings. The van der Waals surface area contributed by atoms with E-state index in [4.69, 9.17) is 16.3 Å². The van der Waals surface area contributed by atoms with E-state index in [2.05, 4.69) is 4.98 Å². The number of ether oxygens (including phenoxy) is 1. The summed E-state index contributed by atoms with van der Waals surface area (Å²) in [7, 11) is 0. The number of aromatic nitrogens is 1. The maximum Gasteiger partial charge on any atom is 0.326 e. The lowest BCUT2D eigenvalue weighted by molar-refractivity contribution is -0.153. The minimum absolute atomic E-state index is 0.231. The highest BCUT2D eigenvalue weighted by Gasteiger charge is 2.34. The van der Waals surface area contributed by atoms with Crippen molar-refractivity contribution < 1.29 is 19.4 Å². The van der Waals surface area contributed by atoms with Gasteiger partial charge >= 0.3 is 5.97 Å². The van der Waals surface area contributed by atoms with Crippen LogP contribution in [0.1, 0.15) is 19.8 Å². The first-order valence-corrected chi connectivity index (χ1v) is 8.53. The van der Waals surface area contributed by atoms with Crippen molar-refractivity contribution in [1.82, 2.24) is 9.88 Å². The molecule has 1 saturated heterocycles. The summed E-state index contributed by atoms with van der Waals surface area (Å²) in [6.45, 7) is 2.20. The van der Waals surface area contributed by atoms with Crippen LogP contribution in [0.15, 0.2) is 30.5 Å². The highest BCUT2D eigenvalue weighted by molar-refractivity contribution is 6.35. The fourth-order valence-electron chi connectivity index (χ4n) is 3.12. The lowest BCUT2D eigenvalue weighted by Crippen LogP contribution is -2.51. The summed E-state index contributed by atoms with van der Waals surface area (Å²) < 4.78 is 5.64. The molecule has 1 aliphatic heterocycles. The van der Waals surface area contributed by atoms with Crippen LogP contribution in [0.4, 0.5) is 0 Å². The number of carboxylic acids is 1. The molecule has 7 heteroatoms. The van der Waals surface area contributed by atoms with Gasteiger partial charge in [-0.2, -0.15) is 0 Å². The van der Waals surface area contributed by atoms with Crippen LogP contribution in [0, 0.1) is 5.92 Å². The number of hydrogen-bond donors (Lipinski definition) is 1. The minimum Gasteiger partial charge on any atom is -0.481 e. The van der Waals surface area contributed by atoms with E-state index in [1.165, 1.54) is 4.90 Å². The molecule has 1 aromatic carbocycles. The molecular weight excluding hydrogens is 344 g/mol. The number of carboxylic acid groups (broad SMARTS) is 1. The Hall–Kier alpha value is -2.34. The number of aliphatic carboxylic acids is 1. The van der Waals surface area contributed by atoms with Crippen LogP contribution >= 0.6 is 11.6 Å².